The highest BCUT2D eigenvalue weighted by Gasteiger charge is 2.33. The molecule has 0 amide bonds. The van der Waals surface area contributed by atoms with Gasteiger partial charge in [-0.3, -0.25) is 9.69 Å². The Morgan fingerprint density at radius 1 is 1.43 bits per heavy atom. The van der Waals surface area contributed by atoms with Gasteiger partial charge in [0.15, 0.2) is 0 Å². The number of fused-ring (bicyclic) bond motifs is 1. The molecule has 0 saturated carbocycles. The molecule has 1 fully saturated rings. The highest BCUT2D eigenvalue weighted by atomic mass is 16.3. The lowest BCUT2D eigenvalue weighted by Crippen LogP contribution is -2.44. The van der Waals surface area contributed by atoms with Crippen molar-refractivity contribution in [2.75, 3.05) is 6.54 Å². The molecule has 0 aliphatic carbocycles. The molecule has 4 nitrogen and oxygen atoms in total. The summed E-state index contributed by atoms with van der Waals surface area (Å²) >= 11 is 0. The van der Waals surface area contributed by atoms with Crippen LogP contribution in [0.2, 0.25) is 0 Å². The van der Waals surface area contributed by atoms with Gasteiger partial charge >= 0.3 is 0 Å². The maximum Gasteiger partial charge on any atom is 0.150 e. The first-order valence-corrected chi connectivity index (χ1v) is 8.44. The van der Waals surface area contributed by atoms with Gasteiger partial charge in [0.2, 0.25) is 0 Å². The number of likely N-dealkylation sites (tertiary alicyclic amines) is 1. The fourth-order valence-electron chi connectivity index (χ4n) is 3.57. The molecule has 0 spiro atoms. The minimum absolute atomic E-state index is 0.0879. The summed E-state index contributed by atoms with van der Waals surface area (Å²) in [5.74, 6) is 1.06. The first-order chi connectivity index (χ1) is 11.2. The standard InChI is InChI=1S/C19H23NO3/c1-2-17(20-11-5-7-15(20)13-21)18(22)10-9-16-12-14-6-3-4-8-19(14)23-16/h3-4,6,8,12-13,15,17H,2,5,7,9-11H2,1H3/t15-,17?/m0/s1. The van der Waals surface area contributed by atoms with Gasteiger partial charge in [-0.25, -0.2) is 0 Å². The normalized spacial score (nSPS) is 20.0. The number of para-hydroxylation sites is 1. The Morgan fingerprint density at radius 3 is 3.00 bits per heavy atom. The van der Waals surface area contributed by atoms with Gasteiger partial charge in [0, 0.05) is 18.2 Å². The summed E-state index contributed by atoms with van der Waals surface area (Å²) in [6.07, 6.45) is 4.68. The highest BCUT2D eigenvalue weighted by molar-refractivity contribution is 5.85. The van der Waals surface area contributed by atoms with Crippen LogP contribution in [-0.4, -0.2) is 35.6 Å². The second-order valence-corrected chi connectivity index (χ2v) is 6.22. The van der Waals surface area contributed by atoms with Gasteiger partial charge in [0.25, 0.3) is 0 Å². The van der Waals surface area contributed by atoms with Crippen LogP contribution in [0.5, 0.6) is 0 Å². The minimum Gasteiger partial charge on any atom is -0.461 e. The molecule has 2 aromatic rings. The molecule has 1 aliphatic rings. The summed E-state index contributed by atoms with van der Waals surface area (Å²) in [5, 5.41) is 1.07. The second kappa shape index (κ2) is 7.09. The van der Waals surface area contributed by atoms with Crippen molar-refractivity contribution < 1.29 is 14.0 Å². The summed E-state index contributed by atoms with van der Waals surface area (Å²) < 4.78 is 5.78. The number of aldehydes is 1. The second-order valence-electron chi connectivity index (χ2n) is 6.22. The summed E-state index contributed by atoms with van der Waals surface area (Å²) in [5.41, 5.74) is 0.863. The number of benzene rings is 1. The van der Waals surface area contributed by atoms with Crippen molar-refractivity contribution in [3.63, 3.8) is 0 Å². The maximum absolute atomic E-state index is 12.6. The van der Waals surface area contributed by atoms with Crippen LogP contribution in [0.3, 0.4) is 0 Å². The zero-order valence-corrected chi connectivity index (χ0v) is 13.5. The van der Waals surface area contributed by atoms with Crippen molar-refractivity contribution in [1.29, 1.82) is 0 Å². The number of carbonyl (C=O) groups is 2. The summed E-state index contributed by atoms with van der Waals surface area (Å²) in [7, 11) is 0. The molecule has 122 valence electrons. The lowest BCUT2D eigenvalue weighted by atomic mass is 10.0. The van der Waals surface area contributed by atoms with Crippen LogP contribution in [0.4, 0.5) is 0 Å². The van der Waals surface area contributed by atoms with Gasteiger partial charge in [-0.1, -0.05) is 25.1 Å². The molecule has 3 rings (SSSR count). The predicted molar refractivity (Wildman–Crippen MR) is 89.4 cm³/mol. The molecule has 1 aromatic heterocycles. The lowest BCUT2D eigenvalue weighted by molar-refractivity contribution is -0.125. The number of hydrogen-bond acceptors (Lipinski definition) is 4. The molecule has 4 heteroatoms. The number of hydrogen-bond donors (Lipinski definition) is 0. The van der Waals surface area contributed by atoms with Crippen molar-refractivity contribution in [2.24, 2.45) is 0 Å². The molecular weight excluding hydrogens is 290 g/mol. The first kappa shape index (κ1) is 15.9. The van der Waals surface area contributed by atoms with Crippen LogP contribution in [-0.2, 0) is 16.0 Å². The van der Waals surface area contributed by atoms with E-state index in [1.807, 2.05) is 37.3 Å². The topological polar surface area (TPSA) is 50.5 Å². The first-order valence-electron chi connectivity index (χ1n) is 8.44. The van der Waals surface area contributed by atoms with Crippen molar-refractivity contribution in [3.8, 4) is 0 Å². The molecule has 1 unspecified atom stereocenters. The largest absolute Gasteiger partial charge is 0.461 e. The number of nitrogens with zero attached hydrogens (tertiary/aromatic N) is 1. The predicted octanol–water partition coefficient (Wildman–Crippen LogP) is 3.38. The van der Waals surface area contributed by atoms with E-state index >= 15 is 0 Å². The van der Waals surface area contributed by atoms with E-state index in [1.54, 1.807) is 0 Å². The third-order valence-corrected chi connectivity index (χ3v) is 4.75. The van der Waals surface area contributed by atoms with Crippen molar-refractivity contribution in [2.45, 2.75) is 51.1 Å². The quantitative estimate of drug-likeness (QED) is 0.735. The third kappa shape index (κ3) is 3.37. The van der Waals surface area contributed by atoms with Crippen LogP contribution in [0.25, 0.3) is 11.0 Å². The Morgan fingerprint density at radius 2 is 2.26 bits per heavy atom. The highest BCUT2D eigenvalue weighted by Crippen LogP contribution is 2.23. The molecule has 2 heterocycles. The molecule has 23 heavy (non-hydrogen) atoms. The van der Waals surface area contributed by atoms with E-state index in [0.717, 1.165) is 48.8 Å². The molecule has 0 radical (unpaired) electrons. The Bertz CT molecular complexity index is 658. The van der Waals surface area contributed by atoms with E-state index in [2.05, 4.69) is 4.90 Å². The Labute approximate surface area is 136 Å². The number of ketones is 1. The van der Waals surface area contributed by atoms with Crippen LogP contribution >= 0.6 is 0 Å². The summed E-state index contributed by atoms with van der Waals surface area (Å²) in [6, 6.07) is 9.65. The molecular formula is C19H23NO3. The summed E-state index contributed by atoms with van der Waals surface area (Å²) in [4.78, 5) is 25.9. The van der Waals surface area contributed by atoms with Crippen LogP contribution in [0, 0.1) is 0 Å². The lowest BCUT2D eigenvalue weighted by Gasteiger charge is -2.28. The van der Waals surface area contributed by atoms with Gasteiger partial charge in [-0.15, -0.1) is 0 Å². The number of aryl methyl sites for hydroxylation is 1. The number of rotatable bonds is 7. The van der Waals surface area contributed by atoms with E-state index in [4.69, 9.17) is 4.42 Å². The molecule has 1 saturated heterocycles. The fourth-order valence-corrected chi connectivity index (χ4v) is 3.57. The van der Waals surface area contributed by atoms with Gasteiger partial charge < -0.3 is 9.21 Å². The van der Waals surface area contributed by atoms with Crippen LogP contribution in [0.15, 0.2) is 34.7 Å². The van der Waals surface area contributed by atoms with Crippen molar-refractivity contribution in [3.05, 3.63) is 36.1 Å². The fraction of sp³-hybridized carbons (Fsp3) is 0.474. The van der Waals surface area contributed by atoms with Crippen molar-refractivity contribution >= 4 is 23.0 Å². The molecule has 2 atom stereocenters. The monoisotopic (exact) mass is 313 g/mol. The maximum atomic E-state index is 12.6. The SMILES string of the molecule is CCC(C(=O)CCc1cc2ccccc2o1)N1CCC[C@H]1C=O. The van der Waals surface area contributed by atoms with E-state index in [1.165, 1.54) is 0 Å². The Balaban J connectivity index is 1.64. The van der Waals surface area contributed by atoms with Gasteiger partial charge in [0.05, 0.1) is 12.1 Å². The van der Waals surface area contributed by atoms with Gasteiger partial charge in [-0.2, -0.15) is 0 Å². The Kier molecular flexibility index (Phi) is 4.91. The van der Waals surface area contributed by atoms with Crippen LogP contribution < -0.4 is 0 Å². The average Bonchev–Trinajstić information content (AvgIpc) is 3.19. The zero-order chi connectivity index (χ0) is 16.2. The number of Topliss-reactive ketones (excluding diaryl/α,β-unsaturated/α-hetero) is 1. The van der Waals surface area contributed by atoms with Gasteiger partial charge in [0.1, 0.15) is 23.4 Å². The van der Waals surface area contributed by atoms with Crippen molar-refractivity contribution in [1.82, 2.24) is 4.90 Å². The molecule has 1 aliphatic heterocycles. The number of furan rings is 1. The average molecular weight is 313 g/mol. The van der Waals surface area contributed by atoms with E-state index in [9.17, 15) is 9.59 Å². The van der Waals surface area contributed by atoms with E-state index < -0.39 is 0 Å². The molecule has 0 N–H and O–H groups in total. The third-order valence-electron chi connectivity index (χ3n) is 4.75. The molecule has 0 bridgehead atoms. The minimum atomic E-state index is -0.142. The smallest absolute Gasteiger partial charge is 0.150 e. The number of carbonyl (C=O) groups excluding carboxylic acids is 2. The van der Waals surface area contributed by atoms with E-state index in [-0.39, 0.29) is 17.9 Å². The van der Waals surface area contributed by atoms with Crippen LogP contribution in [0.1, 0.15) is 38.4 Å². The Hall–Kier alpha value is -1.94. The van der Waals surface area contributed by atoms with Gasteiger partial charge in [-0.05, 0) is 37.9 Å². The molecule has 1 aromatic carbocycles. The van der Waals surface area contributed by atoms with E-state index in [0.29, 0.717) is 12.8 Å². The zero-order valence-electron chi connectivity index (χ0n) is 13.5. The summed E-state index contributed by atoms with van der Waals surface area (Å²) in [6.45, 7) is 2.86.